The highest BCUT2D eigenvalue weighted by atomic mass is 35.5. The summed E-state index contributed by atoms with van der Waals surface area (Å²) in [5, 5.41) is 6.20. The van der Waals surface area contributed by atoms with Crippen molar-refractivity contribution in [3.05, 3.63) is 82.5 Å². The number of halogens is 1. The van der Waals surface area contributed by atoms with Crippen LogP contribution in [0, 0.1) is 0 Å². The number of ether oxygens (including phenoxy) is 1. The van der Waals surface area contributed by atoms with E-state index in [0.29, 0.717) is 28.5 Å². The van der Waals surface area contributed by atoms with Crippen molar-refractivity contribution in [2.45, 2.75) is 18.6 Å². The highest BCUT2D eigenvalue weighted by Gasteiger charge is 2.40. The fraction of sp³-hybridized carbons (Fsp3) is 0.217. The van der Waals surface area contributed by atoms with Gasteiger partial charge in [-0.1, -0.05) is 11.6 Å². The number of likely N-dealkylation sites (tertiary alicyclic amines) is 1. The van der Waals surface area contributed by atoms with Crippen LogP contribution in [-0.2, 0) is 9.53 Å². The average Bonchev–Trinajstić information content (AvgIpc) is 3.27. The van der Waals surface area contributed by atoms with Gasteiger partial charge in [0.2, 0.25) is 5.91 Å². The maximum absolute atomic E-state index is 13.0. The largest absolute Gasteiger partial charge is 0.380 e. The Labute approximate surface area is 195 Å². The van der Waals surface area contributed by atoms with Crippen LogP contribution in [0.5, 0.6) is 0 Å². The summed E-state index contributed by atoms with van der Waals surface area (Å²) in [6.45, 7) is 0.290. The van der Waals surface area contributed by atoms with Crippen LogP contribution in [0.1, 0.15) is 6.42 Å². The number of benzene rings is 2. The van der Waals surface area contributed by atoms with Gasteiger partial charge in [0.05, 0.1) is 12.3 Å². The van der Waals surface area contributed by atoms with Crippen molar-refractivity contribution in [3.8, 4) is 5.69 Å². The molecule has 170 valence electrons. The SMILES string of the molecule is CO[C@@H]1C[C@H](C(=O)Nc2ccc(-n3ccncc3=O)cc2)N(C(=O)Nc2ccc(Cl)cc2)C1. The van der Waals surface area contributed by atoms with Crippen LogP contribution in [0.15, 0.2) is 71.9 Å². The lowest BCUT2D eigenvalue weighted by Gasteiger charge is -2.24. The number of amides is 3. The fourth-order valence-electron chi connectivity index (χ4n) is 3.66. The molecule has 0 bridgehead atoms. The number of nitrogens with zero attached hydrogens (tertiary/aromatic N) is 3. The minimum Gasteiger partial charge on any atom is -0.380 e. The summed E-state index contributed by atoms with van der Waals surface area (Å²) in [5.74, 6) is -0.324. The van der Waals surface area contributed by atoms with Gasteiger partial charge in [-0.15, -0.1) is 0 Å². The van der Waals surface area contributed by atoms with E-state index in [1.165, 1.54) is 21.9 Å². The topological polar surface area (TPSA) is 106 Å². The van der Waals surface area contributed by atoms with E-state index in [4.69, 9.17) is 16.3 Å². The van der Waals surface area contributed by atoms with E-state index >= 15 is 0 Å². The minimum absolute atomic E-state index is 0.252. The summed E-state index contributed by atoms with van der Waals surface area (Å²) in [6.07, 6.45) is 4.44. The Morgan fingerprint density at radius 1 is 1.06 bits per heavy atom. The molecule has 1 saturated heterocycles. The number of urea groups is 1. The van der Waals surface area contributed by atoms with Crippen LogP contribution in [0.3, 0.4) is 0 Å². The van der Waals surface area contributed by atoms with E-state index in [2.05, 4.69) is 15.6 Å². The molecule has 9 nitrogen and oxygen atoms in total. The molecule has 1 fully saturated rings. The zero-order valence-electron chi connectivity index (χ0n) is 17.8. The predicted molar refractivity (Wildman–Crippen MR) is 125 cm³/mol. The average molecular weight is 468 g/mol. The molecule has 10 heteroatoms. The zero-order valence-corrected chi connectivity index (χ0v) is 18.5. The van der Waals surface area contributed by atoms with E-state index in [1.807, 2.05) is 0 Å². The van der Waals surface area contributed by atoms with Crippen molar-refractivity contribution in [3.63, 3.8) is 0 Å². The van der Waals surface area contributed by atoms with Crippen LogP contribution < -0.4 is 16.2 Å². The molecule has 2 atom stereocenters. The number of anilines is 2. The third kappa shape index (κ3) is 5.21. The quantitative estimate of drug-likeness (QED) is 0.599. The molecular weight excluding hydrogens is 446 g/mol. The molecule has 0 saturated carbocycles. The van der Waals surface area contributed by atoms with Gasteiger partial charge in [-0.2, -0.15) is 0 Å². The lowest BCUT2D eigenvalue weighted by Crippen LogP contribution is -2.45. The minimum atomic E-state index is -0.704. The second-order valence-electron chi connectivity index (χ2n) is 7.52. The van der Waals surface area contributed by atoms with Gasteiger partial charge in [0.15, 0.2) is 0 Å². The molecule has 1 aromatic heterocycles. The number of nitrogens with one attached hydrogen (secondary N) is 2. The molecule has 3 amide bonds. The highest BCUT2D eigenvalue weighted by Crippen LogP contribution is 2.24. The van der Waals surface area contributed by atoms with Gasteiger partial charge in [0, 0.05) is 54.6 Å². The van der Waals surface area contributed by atoms with E-state index in [9.17, 15) is 14.4 Å². The van der Waals surface area contributed by atoms with Gasteiger partial charge in [0.25, 0.3) is 5.56 Å². The van der Waals surface area contributed by atoms with Crippen molar-refractivity contribution >= 4 is 34.9 Å². The Kier molecular flexibility index (Phi) is 6.71. The number of hydrogen-bond donors (Lipinski definition) is 2. The van der Waals surface area contributed by atoms with E-state index in [1.54, 1.807) is 61.8 Å². The lowest BCUT2D eigenvalue weighted by molar-refractivity contribution is -0.119. The van der Waals surface area contributed by atoms with Crippen LogP contribution in [0.25, 0.3) is 5.69 Å². The summed E-state index contributed by atoms with van der Waals surface area (Å²) in [7, 11) is 1.56. The molecule has 1 aliphatic heterocycles. The molecule has 2 heterocycles. The smallest absolute Gasteiger partial charge is 0.322 e. The number of aromatic nitrogens is 2. The molecule has 0 spiro atoms. The third-order valence-corrected chi connectivity index (χ3v) is 5.64. The molecule has 4 rings (SSSR count). The summed E-state index contributed by atoms with van der Waals surface area (Å²) in [6, 6.07) is 12.4. The Bertz CT molecular complexity index is 1200. The summed E-state index contributed by atoms with van der Waals surface area (Å²) < 4.78 is 6.85. The molecular formula is C23H22ClN5O4. The molecule has 33 heavy (non-hydrogen) atoms. The van der Waals surface area contributed by atoms with Crippen LogP contribution in [-0.4, -0.2) is 52.2 Å². The van der Waals surface area contributed by atoms with Crippen molar-refractivity contribution < 1.29 is 14.3 Å². The van der Waals surface area contributed by atoms with Crippen molar-refractivity contribution in [2.24, 2.45) is 0 Å². The van der Waals surface area contributed by atoms with E-state index < -0.39 is 12.1 Å². The molecule has 0 unspecified atom stereocenters. The van der Waals surface area contributed by atoms with Crippen molar-refractivity contribution in [1.29, 1.82) is 0 Å². The maximum Gasteiger partial charge on any atom is 0.322 e. The van der Waals surface area contributed by atoms with Gasteiger partial charge in [-0.25, -0.2) is 4.79 Å². The molecule has 0 aliphatic carbocycles. The van der Waals surface area contributed by atoms with Gasteiger partial charge in [0.1, 0.15) is 6.04 Å². The first-order chi connectivity index (χ1) is 15.9. The standard InChI is InChI=1S/C23H22ClN5O4/c1-33-19-12-20(29(14-19)23(32)27-17-4-2-15(24)3-5-17)22(31)26-16-6-8-18(9-7-16)28-11-10-25-13-21(28)30/h2-11,13,19-20H,12,14H2,1H3,(H,26,31)(H,27,32)/t19-,20-/m1/s1. The zero-order chi connectivity index (χ0) is 23.4. The molecule has 1 aliphatic rings. The second-order valence-corrected chi connectivity index (χ2v) is 7.96. The maximum atomic E-state index is 13.0. The molecule has 2 N–H and O–H groups in total. The first-order valence-corrected chi connectivity index (χ1v) is 10.6. The van der Waals surface area contributed by atoms with E-state index in [-0.39, 0.29) is 24.1 Å². The van der Waals surface area contributed by atoms with Crippen molar-refractivity contribution in [2.75, 3.05) is 24.3 Å². The Hall–Kier alpha value is -3.69. The number of carbonyl (C=O) groups is 2. The number of hydrogen-bond acceptors (Lipinski definition) is 5. The Morgan fingerprint density at radius 3 is 2.39 bits per heavy atom. The molecule has 3 aromatic rings. The van der Waals surface area contributed by atoms with Crippen LogP contribution in [0.2, 0.25) is 5.02 Å². The summed E-state index contributed by atoms with van der Waals surface area (Å²) >= 11 is 5.90. The van der Waals surface area contributed by atoms with Gasteiger partial charge >= 0.3 is 6.03 Å². The Balaban J connectivity index is 1.46. The third-order valence-electron chi connectivity index (χ3n) is 5.39. The van der Waals surface area contributed by atoms with E-state index in [0.717, 1.165) is 0 Å². The first kappa shape index (κ1) is 22.5. The van der Waals surface area contributed by atoms with Crippen LogP contribution >= 0.6 is 11.6 Å². The molecule has 2 aromatic carbocycles. The fourth-order valence-corrected chi connectivity index (χ4v) is 3.79. The normalized spacial score (nSPS) is 17.6. The summed E-state index contributed by atoms with van der Waals surface area (Å²) in [5.41, 5.74) is 1.51. The lowest BCUT2D eigenvalue weighted by atomic mass is 10.1. The van der Waals surface area contributed by atoms with Crippen LogP contribution in [0.4, 0.5) is 16.2 Å². The number of carbonyl (C=O) groups excluding carboxylic acids is 2. The number of rotatable bonds is 5. The number of methoxy groups -OCH3 is 1. The molecule has 0 radical (unpaired) electrons. The van der Waals surface area contributed by atoms with Crippen molar-refractivity contribution in [1.82, 2.24) is 14.5 Å². The Morgan fingerprint density at radius 2 is 1.73 bits per heavy atom. The second kappa shape index (κ2) is 9.85. The monoisotopic (exact) mass is 467 g/mol. The van der Waals surface area contributed by atoms with Gasteiger partial charge in [-0.3, -0.25) is 19.1 Å². The summed E-state index contributed by atoms with van der Waals surface area (Å²) in [4.78, 5) is 43.1. The first-order valence-electron chi connectivity index (χ1n) is 10.2. The predicted octanol–water partition coefficient (Wildman–Crippen LogP) is 3.15. The van der Waals surface area contributed by atoms with Gasteiger partial charge < -0.3 is 20.3 Å². The highest BCUT2D eigenvalue weighted by molar-refractivity contribution is 6.30. The van der Waals surface area contributed by atoms with Gasteiger partial charge in [-0.05, 0) is 48.5 Å².